The smallest absolute Gasteiger partial charge is 0.269 e. The first-order valence-electron chi connectivity index (χ1n) is 5.65. The molecule has 5 nitrogen and oxygen atoms in total. The van der Waals surface area contributed by atoms with Gasteiger partial charge in [-0.15, -0.1) is 0 Å². The van der Waals surface area contributed by atoms with Crippen molar-refractivity contribution in [2.45, 2.75) is 19.5 Å². The predicted octanol–water partition coefficient (Wildman–Crippen LogP) is 3.04. The van der Waals surface area contributed by atoms with E-state index in [0.717, 1.165) is 11.1 Å². The van der Waals surface area contributed by atoms with Gasteiger partial charge in [0.15, 0.2) is 0 Å². The van der Waals surface area contributed by atoms with Crippen LogP contribution in [0.25, 0.3) is 0 Å². The van der Waals surface area contributed by atoms with E-state index >= 15 is 0 Å². The highest BCUT2D eigenvalue weighted by Crippen LogP contribution is 2.15. The van der Waals surface area contributed by atoms with Gasteiger partial charge in [-0.2, -0.15) is 0 Å². The van der Waals surface area contributed by atoms with Crippen LogP contribution >= 0.6 is 0 Å². The first-order valence-corrected chi connectivity index (χ1v) is 5.65. The summed E-state index contributed by atoms with van der Waals surface area (Å²) in [5, 5.41) is 13.8. The van der Waals surface area contributed by atoms with Crippen LogP contribution in [0, 0.1) is 10.1 Å². The number of benzene rings is 1. The van der Waals surface area contributed by atoms with E-state index in [0.29, 0.717) is 6.54 Å². The van der Waals surface area contributed by atoms with Crippen molar-refractivity contribution in [1.82, 2.24) is 5.32 Å². The van der Waals surface area contributed by atoms with Crippen molar-refractivity contribution in [3.63, 3.8) is 0 Å². The summed E-state index contributed by atoms with van der Waals surface area (Å²) in [5.41, 5.74) is 2.20. The van der Waals surface area contributed by atoms with Crippen LogP contribution in [0.15, 0.2) is 47.3 Å². The monoisotopic (exact) mass is 246 g/mol. The standard InChI is InChI=1S/C13H14N2O3/c1-10(12-6-7-18-9-12)14-8-11-2-4-13(5-3-11)15(16)17/h2-7,9-10,14H,8H2,1H3. The summed E-state index contributed by atoms with van der Waals surface area (Å²) in [5.74, 6) is 0. The third kappa shape index (κ3) is 2.95. The molecule has 0 radical (unpaired) electrons. The average molecular weight is 246 g/mol. The maximum absolute atomic E-state index is 10.5. The van der Waals surface area contributed by atoms with Gasteiger partial charge in [-0.05, 0) is 18.6 Å². The largest absolute Gasteiger partial charge is 0.472 e. The van der Waals surface area contributed by atoms with E-state index < -0.39 is 4.92 Å². The van der Waals surface area contributed by atoms with Crippen LogP contribution in [0.1, 0.15) is 24.1 Å². The number of nitrogens with zero attached hydrogens (tertiary/aromatic N) is 1. The van der Waals surface area contributed by atoms with Crippen LogP contribution in [0.3, 0.4) is 0 Å². The quantitative estimate of drug-likeness (QED) is 0.650. The van der Waals surface area contributed by atoms with Gasteiger partial charge in [-0.1, -0.05) is 12.1 Å². The maximum Gasteiger partial charge on any atom is 0.269 e. The zero-order chi connectivity index (χ0) is 13.0. The Bertz CT molecular complexity index is 506. The molecule has 0 spiro atoms. The van der Waals surface area contributed by atoms with Crippen molar-refractivity contribution >= 4 is 5.69 Å². The van der Waals surface area contributed by atoms with Gasteiger partial charge >= 0.3 is 0 Å². The Kier molecular flexibility index (Phi) is 3.74. The first-order chi connectivity index (χ1) is 8.66. The number of nitro groups is 1. The Morgan fingerprint density at radius 2 is 2.06 bits per heavy atom. The summed E-state index contributed by atoms with van der Waals surface area (Å²) < 4.78 is 5.01. The van der Waals surface area contributed by atoms with Crippen molar-refractivity contribution in [1.29, 1.82) is 0 Å². The molecule has 1 N–H and O–H groups in total. The second-order valence-corrected chi connectivity index (χ2v) is 4.08. The molecule has 0 aliphatic heterocycles. The fourth-order valence-electron chi connectivity index (χ4n) is 1.65. The summed E-state index contributed by atoms with van der Waals surface area (Å²) in [7, 11) is 0. The Labute approximate surface area is 105 Å². The van der Waals surface area contributed by atoms with E-state index in [2.05, 4.69) is 5.32 Å². The van der Waals surface area contributed by atoms with E-state index in [9.17, 15) is 10.1 Å². The lowest BCUT2D eigenvalue weighted by Crippen LogP contribution is -2.17. The van der Waals surface area contributed by atoms with Crippen molar-refractivity contribution in [3.05, 3.63) is 64.1 Å². The molecule has 0 bridgehead atoms. The van der Waals surface area contributed by atoms with Gasteiger partial charge in [0, 0.05) is 30.3 Å². The zero-order valence-electron chi connectivity index (χ0n) is 10.00. The number of hydrogen-bond donors (Lipinski definition) is 1. The van der Waals surface area contributed by atoms with E-state index in [4.69, 9.17) is 4.42 Å². The van der Waals surface area contributed by atoms with Crippen molar-refractivity contribution < 1.29 is 9.34 Å². The molecule has 1 aromatic heterocycles. The lowest BCUT2D eigenvalue weighted by Gasteiger charge is -2.11. The zero-order valence-corrected chi connectivity index (χ0v) is 10.00. The molecule has 0 saturated carbocycles. The molecule has 0 aliphatic rings. The van der Waals surface area contributed by atoms with Crippen molar-refractivity contribution in [2.75, 3.05) is 0 Å². The highest BCUT2D eigenvalue weighted by Gasteiger charge is 2.07. The number of non-ortho nitro benzene ring substituents is 1. The third-order valence-corrected chi connectivity index (χ3v) is 2.80. The second kappa shape index (κ2) is 5.46. The Morgan fingerprint density at radius 1 is 1.33 bits per heavy atom. The van der Waals surface area contributed by atoms with E-state index in [1.807, 2.05) is 13.0 Å². The predicted molar refractivity (Wildman–Crippen MR) is 67.1 cm³/mol. The molecule has 5 heteroatoms. The molecule has 0 amide bonds. The summed E-state index contributed by atoms with van der Waals surface area (Å²) in [6.45, 7) is 2.70. The number of furan rings is 1. The molecule has 1 aromatic carbocycles. The normalized spacial score (nSPS) is 12.3. The number of nitrogens with one attached hydrogen (secondary N) is 1. The molecular formula is C13H14N2O3. The van der Waals surface area contributed by atoms with E-state index in [-0.39, 0.29) is 11.7 Å². The fourth-order valence-corrected chi connectivity index (χ4v) is 1.65. The molecule has 1 atom stereocenters. The van der Waals surface area contributed by atoms with Crippen LogP contribution < -0.4 is 5.32 Å². The van der Waals surface area contributed by atoms with E-state index in [1.165, 1.54) is 12.1 Å². The Balaban J connectivity index is 1.92. The third-order valence-electron chi connectivity index (χ3n) is 2.80. The average Bonchev–Trinajstić information content (AvgIpc) is 2.90. The highest BCUT2D eigenvalue weighted by atomic mass is 16.6. The first kappa shape index (κ1) is 12.3. The van der Waals surface area contributed by atoms with Crippen LogP contribution in [-0.4, -0.2) is 4.92 Å². The molecule has 18 heavy (non-hydrogen) atoms. The minimum absolute atomic E-state index is 0.113. The van der Waals surface area contributed by atoms with Crippen LogP contribution in [0.4, 0.5) is 5.69 Å². The second-order valence-electron chi connectivity index (χ2n) is 4.08. The molecule has 94 valence electrons. The minimum Gasteiger partial charge on any atom is -0.472 e. The summed E-state index contributed by atoms with van der Waals surface area (Å²) in [6, 6.07) is 8.63. The lowest BCUT2D eigenvalue weighted by atomic mass is 10.1. The SMILES string of the molecule is CC(NCc1ccc([N+](=O)[O-])cc1)c1ccoc1. The molecule has 0 fully saturated rings. The highest BCUT2D eigenvalue weighted by molar-refractivity contribution is 5.32. The van der Waals surface area contributed by atoms with Gasteiger partial charge in [-0.3, -0.25) is 10.1 Å². The summed E-state index contributed by atoms with van der Waals surface area (Å²) >= 11 is 0. The molecule has 2 rings (SSSR count). The Morgan fingerprint density at radius 3 is 2.61 bits per heavy atom. The van der Waals surface area contributed by atoms with Gasteiger partial charge in [0.2, 0.25) is 0 Å². The van der Waals surface area contributed by atoms with E-state index in [1.54, 1.807) is 24.7 Å². The fraction of sp³-hybridized carbons (Fsp3) is 0.231. The number of hydrogen-bond acceptors (Lipinski definition) is 4. The molecule has 2 aromatic rings. The summed E-state index contributed by atoms with van der Waals surface area (Å²) in [4.78, 5) is 10.1. The van der Waals surface area contributed by atoms with Crippen molar-refractivity contribution in [3.8, 4) is 0 Å². The molecule has 0 aliphatic carbocycles. The topological polar surface area (TPSA) is 68.3 Å². The molecule has 0 saturated heterocycles. The van der Waals surface area contributed by atoms with Crippen LogP contribution in [0.5, 0.6) is 0 Å². The van der Waals surface area contributed by atoms with Gasteiger partial charge < -0.3 is 9.73 Å². The minimum atomic E-state index is -0.398. The Hall–Kier alpha value is -2.14. The van der Waals surface area contributed by atoms with Gasteiger partial charge in [0.1, 0.15) is 0 Å². The summed E-state index contributed by atoms with van der Waals surface area (Å²) in [6.07, 6.45) is 3.34. The van der Waals surface area contributed by atoms with Crippen LogP contribution in [-0.2, 0) is 6.54 Å². The lowest BCUT2D eigenvalue weighted by molar-refractivity contribution is -0.384. The van der Waals surface area contributed by atoms with Crippen LogP contribution in [0.2, 0.25) is 0 Å². The van der Waals surface area contributed by atoms with Gasteiger partial charge in [0.25, 0.3) is 5.69 Å². The molecule has 1 unspecified atom stereocenters. The molecular weight excluding hydrogens is 232 g/mol. The number of nitro benzene ring substituents is 1. The van der Waals surface area contributed by atoms with Crippen molar-refractivity contribution in [2.24, 2.45) is 0 Å². The van der Waals surface area contributed by atoms with Gasteiger partial charge in [0.05, 0.1) is 17.4 Å². The number of rotatable bonds is 5. The maximum atomic E-state index is 10.5. The van der Waals surface area contributed by atoms with Gasteiger partial charge in [-0.25, -0.2) is 0 Å². The molecule has 1 heterocycles.